The second-order valence-electron chi connectivity index (χ2n) is 6.61. The molecule has 138 valence electrons. The van der Waals surface area contributed by atoms with Gasteiger partial charge in [-0.1, -0.05) is 0 Å². The molecule has 1 aromatic carbocycles. The van der Waals surface area contributed by atoms with Crippen molar-refractivity contribution < 1.29 is 18.7 Å². The maximum atomic E-state index is 13.1. The molecule has 26 heavy (non-hydrogen) atoms. The lowest BCUT2D eigenvalue weighted by molar-refractivity contribution is -0.0956. The van der Waals surface area contributed by atoms with Crippen LogP contribution in [0.3, 0.4) is 0 Å². The third-order valence-electron chi connectivity index (χ3n) is 4.89. The monoisotopic (exact) mass is 360 g/mol. The summed E-state index contributed by atoms with van der Waals surface area (Å²) in [5.74, 6) is 0.579. The summed E-state index contributed by atoms with van der Waals surface area (Å²) >= 11 is 0. The van der Waals surface area contributed by atoms with Gasteiger partial charge in [0.25, 0.3) is 5.91 Å². The summed E-state index contributed by atoms with van der Waals surface area (Å²) < 4.78 is 25.8. The van der Waals surface area contributed by atoms with Crippen molar-refractivity contribution in [3.05, 3.63) is 41.7 Å². The molecule has 2 aliphatic heterocycles. The number of benzene rings is 1. The predicted octanol–water partition coefficient (Wildman–Crippen LogP) is 1.94. The number of ether oxygens (including phenoxy) is 2. The Hall–Kier alpha value is -2.32. The first-order valence-corrected chi connectivity index (χ1v) is 8.84. The van der Waals surface area contributed by atoms with Gasteiger partial charge < -0.3 is 14.4 Å². The lowest BCUT2D eigenvalue weighted by Crippen LogP contribution is -2.41. The van der Waals surface area contributed by atoms with Crippen LogP contribution in [0.5, 0.6) is 0 Å². The van der Waals surface area contributed by atoms with Gasteiger partial charge in [-0.3, -0.25) is 4.79 Å². The number of hydrogen-bond donors (Lipinski definition) is 0. The lowest BCUT2D eigenvalue weighted by atomic mass is 9.96. The molecule has 0 unspecified atom stereocenters. The molecule has 0 aliphatic carbocycles. The number of nitrogens with zero attached hydrogens (tertiary/aromatic N) is 4. The Bertz CT molecular complexity index is 778. The van der Waals surface area contributed by atoms with Gasteiger partial charge in [-0.2, -0.15) is 0 Å². The first kappa shape index (κ1) is 17.1. The molecule has 1 amide bonds. The van der Waals surface area contributed by atoms with E-state index in [-0.39, 0.29) is 23.8 Å². The number of piperidine rings is 1. The van der Waals surface area contributed by atoms with E-state index in [1.165, 1.54) is 12.1 Å². The molecule has 0 spiro atoms. The van der Waals surface area contributed by atoms with Gasteiger partial charge in [0.2, 0.25) is 5.82 Å². The fraction of sp³-hybridized carbons (Fsp3) is 0.500. The van der Waals surface area contributed by atoms with Crippen LogP contribution >= 0.6 is 0 Å². The minimum Gasteiger partial charge on any atom is -0.350 e. The average Bonchev–Trinajstić information content (AvgIpc) is 3.32. The Morgan fingerprint density at radius 3 is 2.46 bits per heavy atom. The topological polar surface area (TPSA) is 69.5 Å². The van der Waals surface area contributed by atoms with E-state index in [1.807, 2.05) is 0 Å². The zero-order chi connectivity index (χ0) is 18.1. The second-order valence-corrected chi connectivity index (χ2v) is 6.61. The van der Waals surface area contributed by atoms with Gasteiger partial charge in [0, 0.05) is 19.0 Å². The highest BCUT2D eigenvalue weighted by molar-refractivity contribution is 5.90. The van der Waals surface area contributed by atoms with Crippen molar-refractivity contribution in [2.75, 3.05) is 26.3 Å². The van der Waals surface area contributed by atoms with Crippen LogP contribution in [0.1, 0.15) is 29.3 Å². The summed E-state index contributed by atoms with van der Waals surface area (Å²) in [7, 11) is 0. The first-order chi connectivity index (χ1) is 12.6. The summed E-state index contributed by atoms with van der Waals surface area (Å²) in [4.78, 5) is 18.8. The Kier molecular flexibility index (Phi) is 4.69. The molecule has 0 N–H and O–H groups in total. The van der Waals surface area contributed by atoms with E-state index >= 15 is 0 Å². The minimum absolute atomic E-state index is 0.134. The highest BCUT2D eigenvalue weighted by Gasteiger charge is 2.33. The molecule has 2 saturated heterocycles. The van der Waals surface area contributed by atoms with Gasteiger partial charge in [-0.15, -0.1) is 5.10 Å². The van der Waals surface area contributed by atoms with Gasteiger partial charge in [0.15, 0.2) is 6.29 Å². The van der Waals surface area contributed by atoms with Crippen molar-refractivity contribution in [2.24, 2.45) is 5.92 Å². The number of carbonyl (C=O) groups excluding carboxylic acids is 1. The molecular formula is C18H21FN4O3. The molecule has 4 rings (SSSR count). The molecule has 0 radical (unpaired) electrons. The fourth-order valence-electron chi connectivity index (χ4n) is 3.47. The summed E-state index contributed by atoms with van der Waals surface area (Å²) in [5.41, 5.74) is 0.671. The predicted molar refractivity (Wildman–Crippen MR) is 90.4 cm³/mol. The van der Waals surface area contributed by atoms with E-state index < -0.39 is 0 Å². The highest BCUT2D eigenvalue weighted by atomic mass is 19.1. The quantitative estimate of drug-likeness (QED) is 0.837. The highest BCUT2D eigenvalue weighted by Crippen LogP contribution is 2.26. The number of aryl methyl sites for hydroxylation is 1. The zero-order valence-corrected chi connectivity index (χ0v) is 14.6. The smallest absolute Gasteiger partial charge is 0.293 e. The largest absolute Gasteiger partial charge is 0.350 e. The Morgan fingerprint density at radius 2 is 1.81 bits per heavy atom. The summed E-state index contributed by atoms with van der Waals surface area (Å²) in [5, 5.41) is 4.32. The van der Waals surface area contributed by atoms with Crippen LogP contribution in [-0.2, 0) is 9.47 Å². The fourth-order valence-corrected chi connectivity index (χ4v) is 3.47. The third-order valence-corrected chi connectivity index (χ3v) is 4.89. The molecule has 3 heterocycles. The van der Waals surface area contributed by atoms with E-state index in [0.717, 1.165) is 12.8 Å². The molecule has 1 aromatic heterocycles. The molecule has 8 heteroatoms. The van der Waals surface area contributed by atoms with E-state index in [2.05, 4.69) is 10.1 Å². The van der Waals surface area contributed by atoms with E-state index in [9.17, 15) is 9.18 Å². The van der Waals surface area contributed by atoms with Crippen molar-refractivity contribution in [3.8, 4) is 5.69 Å². The van der Waals surface area contributed by atoms with Crippen LogP contribution in [0.4, 0.5) is 4.39 Å². The number of rotatable bonds is 3. The molecule has 0 saturated carbocycles. The summed E-state index contributed by atoms with van der Waals surface area (Å²) in [6.07, 6.45) is 1.55. The van der Waals surface area contributed by atoms with Crippen LogP contribution in [0, 0.1) is 18.7 Å². The molecule has 0 atom stereocenters. The van der Waals surface area contributed by atoms with Gasteiger partial charge in [0.05, 0.1) is 18.9 Å². The maximum Gasteiger partial charge on any atom is 0.293 e. The van der Waals surface area contributed by atoms with Crippen molar-refractivity contribution in [2.45, 2.75) is 26.1 Å². The summed E-state index contributed by atoms with van der Waals surface area (Å²) in [6.45, 7) is 4.34. The zero-order valence-electron chi connectivity index (χ0n) is 14.6. The number of aromatic nitrogens is 3. The normalized spacial score (nSPS) is 19.2. The number of likely N-dealkylation sites (tertiary alicyclic amines) is 1. The number of carbonyl (C=O) groups is 1. The van der Waals surface area contributed by atoms with Crippen LogP contribution in [0.15, 0.2) is 24.3 Å². The van der Waals surface area contributed by atoms with Crippen LogP contribution < -0.4 is 0 Å². The average molecular weight is 360 g/mol. The van der Waals surface area contributed by atoms with Gasteiger partial charge >= 0.3 is 0 Å². The van der Waals surface area contributed by atoms with Crippen molar-refractivity contribution >= 4 is 5.91 Å². The summed E-state index contributed by atoms with van der Waals surface area (Å²) in [6, 6.07) is 5.93. The van der Waals surface area contributed by atoms with Crippen molar-refractivity contribution in [1.29, 1.82) is 0 Å². The van der Waals surface area contributed by atoms with Crippen molar-refractivity contribution in [1.82, 2.24) is 19.7 Å². The van der Waals surface area contributed by atoms with Crippen molar-refractivity contribution in [3.63, 3.8) is 0 Å². The van der Waals surface area contributed by atoms with Crippen LogP contribution in [-0.4, -0.2) is 58.2 Å². The molecule has 2 aromatic rings. The molecule has 2 aliphatic rings. The lowest BCUT2D eigenvalue weighted by Gasteiger charge is -2.33. The molecular weight excluding hydrogens is 339 g/mol. The molecule has 7 nitrogen and oxygen atoms in total. The van der Waals surface area contributed by atoms with Crippen LogP contribution in [0.2, 0.25) is 0 Å². The third kappa shape index (κ3) is 3.34. The SMILES string of the molecule is Cc1nc(C(=O)N2CCC(C3OCCO3)CC2)nn1-c1ccc(F)cc1. The first-order valence-electron chi connectivity index (χ1n) is 8.84. The Balaban J connectivity index is 1.44. The Labute approximate surface area is 150 Å². The van der Waals surface area contributed by atoms with Gasteiger partial charge in [-0.05, 0) is 44.0 Å². The standard InChI is InChI=1S/C18H21FN4O3/c1-12-20-16(21-23(12)15-4-2-14(19)3-5-15)17(24)22-8-6-13(7-9-22)18-25-10-11-26-18/h2-5,13,18H,6-11H2,1H3. The number of amides is 1. The molecule has 0 bridgehead atoms. The van der Waals surface area contributed by atoms with E-state index in [4.69, 9.17) is 9.47 Å². The second kappa shape index (κ2) is 7.13. The van der Waals surface area contributed by atoms with Gasteiger partial charge in [-0.25, -0.2) is 14.1 Å². The number of halogens is 1. The van der Waals surface area contributed by atoms with E-state index in [0.29, 0.717) is 43.7 Å². The van der Waals surface area contributed by atoms with Crippen LogP contribution in [0.25, 0.3) is 5.69 Å². The molecule has 2 fully saturated rings. The van der Waals surface area contributed by atoms with Gasteiger partial charge in [0.1, 0.15) is 11.6 Å². The van der Waals surface area contributed by atoms with E-state index in [1.54, 1.807) is 28.6 Å². The Morgan fingerprint density at radius 1 is 1.15 bits per heavy atom. The number of hydrogen-bond acceptors (Lipinski definition) is 5. The maximum absolute atomic E-state index is 13.1. The minimum atomic E-state index is -0.319.